The Kier molecular flexibility index (Phi) is 7.76. The Labute approximate surface area is 135 Å². The molecule has 3 N–H and O–H groups in total. The minimum absolute atomic E-state index is 0.000750. The number of esters is 1. The molecule has 1 aromatic carbocycles. The summed E-state index contributed by atoms with van der Waals surface area (Å²) in [5, 5.41) is 0. The molecule has 1 atom stereocenters. The molecule has 126 valence electrons. The first-order valence-electron chi connectivity index (χ1n) is 7.46. The summed E-state index contributed by atoms with van der Waals surface area (Å²) < 4.78 is 4.93. The topological polar surface area (TPSA) is 108 Å². The summed E-state index contributed by atoms with van der Waals surface area (Å²) in [6.07, 6.45) is 1.23. The number of ether oxygens (including phenoxy) is 1. The summed E-state index contributed by atoms with van der Waals surface area (Å²) in [6, 6.07) is 7.35. The standard InChI is InChI=1S/C16H22N2O5/c1-3-12(4-2)14(19)18-23-16(21)13(17)15(20)22-10-11-8-6-5-7-9-11/h5-9,12-13H,3-4,10,17H2,1-2H3,(H,18,19). The maximum atomic E-state index is 11.7. The van der Waals surface area contributed by atoms with Crippen LogP contribution < -0.4 is 11.2 Å². The van der Waals surface area contributed by atoms with Crippen molar-refractivity contribution in [1.82, 2.24) is 5.48 Å². The van der Waals surface area contributed by atoms with Crippen LogP contribution >= 0.6 is 0 Å². The molecule has 1 rings (SSSR count). The Bertz CT molecular complexity index is 529. The van der Waals surface area contributed by atoms with Gasteiger partial charge in [-0.2, -0.15) is 5.48 Å². The predicted molar refractivity (Wildman–Crippen MR) is 82.5 cm³/mol. The number of rotatable bonds is 7. The van der Waals surface area contributed by atoms with Gasteiger partial charge in [0.1, 0.15) is 6.61 Å². The van der Waals surface area contributed by atoms with Crippen LogP contribution in [-0.4, -0.2) is 23.9 Å². The van der Waals surface area contributed by atoms with Gasteiger partial charge in [0.05, 0.1) is 0 Å². The van der Waals surface area contributed by atoms with Crippen LogP contribution in [0, 0.1) is 5.92 Å². The number of nitrogens with one attached hydrogen (secondary N) is 1. The first-order chi connectivity index (χ1) is 11.0. The van der Waals surface area contributed by atoms with Crippen LogP contribution in [0.2, 0.25) is 0 Å². The Morgan fingerprint density at radius 2 is 1.70 bits per heavy atom. The molecule has 0 spiro atoms. The normalized spacial score (nSPS) is 11.7. The molecule has 0 aliphatic heterocycles. The Hall–Kier alpha value is -2.41. The molecule has 0 fully saturated rings. The molecule has 0 saturated carbocycles. The zero-order valence-corrected chi connectivity index (χ0v) is 13.3. The van der Waals surface area contributed by atoms with Crippen molar-refractivity contribution in [3.8, 4) is 0 Å². The highest BCUT2D eigenvalue weighted by Crippen LogP contribution is 2.07. The molecule has 7 nitrogen and oxygen atoms in total. The Morgan fingerprint density at radius 3 is 2.26 bits per heavy atom. The average molecular weight is 322 g/mol. The van der Waals surface area contributed by atoms with Crippen molar-refractivity contribution in [3.05, 3.63) is 35.9 Å². The lowest BCUT2D eigenvalue weighted by molar-refractivity contribution is -0.167. The third-order valence-electron chi connectivity index (χ3n) is 3.34. The Balaban J connectivity index is 2.40. The van der Waals surface area contributed by atoms with Gasteiger partial charge in [0.25, 0.3) is 5.91 Å². The number of hydrogen-bond donors (Lipinski definition) is 2. The zero-order chi connectivity index (χ0) is 17.2. The minimum Gasteiger partial charge on any atom is -0.459 e. The van der Waals surface area contributed by atoms with E-state index in [-0.39, 0.29) is 12.5 Å². The summed E-state index contributed by atoms with van der Waals surface area (Å²) in [7, 11) is 0. The fraction of sp³-hybridized carbons (Fsp3) is 0.438. The predicted octanol–water partition coefficient (Wildman–Crippen LogP) is 1.07. The van der Waals surface area contributed by atoms with Crippen LogP contribution in [0.25, 0.3) is 0 Å². The molecule has 1 amide bonds. The Morgan fingerprint density at radius 1 is 1.09 bits per heavy atom. The van der Waals surface area contributed by atoms with E-state index in [0.717, 1.165) is 5.56 Å². The molecule has 0 saturated heterocycles. The number of nitrogens with two attached hydrogens (primary N) is 1. The molecule has 0 heterocycles. The summed E-state index contributed by atoms with van der Waals surface area (Å²) in [6.45, 7) is 3.70. The van der Waals surface area contributed by atoms with Crippen LogP contribution in [0.3, 0.4) is 0 Å². The molecule has 0 aromatic heterocycles. The highest BCUT2D eigenvalue weighted by atomic mass is 16.7. The number of hydroxylamine groups is 1. The third kappa shape index (κ3) is 6.07. The van der Waals surface area contributed by atoms with E-state index in [1.54, 1.807) is 24.3 Å². The number of carbonyl (C=O) groups excluding carboxylic acids is 3. The number of carbonyl (C=O) groups is 3. The van der Waals surface area contributed by atoms with Gasteiger partial charge < -0.3 is 15.3 Å². The quantitative estimate of drug-likeness (QED) is 0.442. The van der Waals surface area contributed by atoms with E-state index in [0.29, 0.717) is 12.8 Å². The van der Waals surface area contributed by atoms with E-state index < -0.39 is 23.9 Å². The van der Waals surface area contributed by atoms with Crippen molar-refractivity contribution >= 4 is 17.8 Å². The number of benzene rings is 1. The van der Waals surface area contributed by atoms with Crippen molar-refractivity contribution in [2.24, 2.45) is 11.7 Å². The monoisotopic (exact) mass is 322 g/mol. The average Bonchev–Trinajstić information content (AvgIpc) is 2.58. The highest BCUT2D eigenvalue weighted by Gasteiger charge is 2.27. The van der Waals surface area contributed by atoms with E-state index in [1.165, 1.54) is 0 Å². The SMILES string of the molecule is CCC(CC)C(=O)NOC(=O)C(N)C(=O)OCc1ccccc1. The van der Waals surface area contributed by atoms with Crippen molar-refractivity contribution in [2.45, 2.75) is 39.3 Å². The second-order valence-electron chi connectivity index (χ2n) is 4.97. The largest absolute Gasteiger partial charge is 0.459 e. The first kappa shape index (κ1) is 18.6. The fourth-order valence-electron chi connectivity index (χ4n) is 1.82. The van der Waals surface area contributed by atoms with Crippen molar-refractivity contribution in [2.75, 3.05) is 0 Å². The maximum Gasteiger partial charge on any atom is 0.360 e. The van der Waals surface area contributed by atoms with Crippen LogP contribution in [0.15, 0.2) is 30.3 Å². The summed E-state index contributed by atoms with van der Waals surface area (Å²) in [5.74, 6) is -2.67. The van der Waals surface area contributed by atoms with Gasteiger partial charge in [-0.1, -0.05) is 44.2 Å². The van der Waals surface area contributed by atoms with Gasteiger partial charge in [0.15, 0.2) is 0 Å². The van der Waals surface area contributed by atoms with Gasteiger partial charge in [-0.3, -0.25) is 4.79 Å². The number of amides is 1. The lowest BCUT2D eigenvalue weighted by Crippen LogP contribution is -2.44. The lowest BCUT2D eigenvalue weighted by Gasteiger charge is -2.14. The van der Waals surface area contributed by atoms with Crippen molar-refractivity contribution in [3.63, 3.8) is 0 Å². The molecule has 1 aromatic rings. The van der Waals surface area contributed by atoms with E-state index >= 15 is 0 Å². The fourth-order valence-corrected chi connectivity index (χ4v) is 1.82. The second-order valence-corrected chi connectivity index (χ2v) is 4.97. The highest BCUT2D eigenvalue weighted by molar-refractivity contribution is 5.99. The summed E-state index contributed by atoms with van der Waals surface area (Å²) >= 11 is 0. The van der Waals surface area contributed by atoms with Gasteiger partial charge in [-0.25, -0.2) is 9.59 Å². The second kappa shape index (κ2) is 9.58. The molecule has 23 heavy (non-hydrogen) atoms. The molecular formula is C16H22N2O5. The molecule has 1 unspecified atom stereocenters. The van der Waals surface area contributed by atoms with Gasteiger partial charge in [0, 0.05) is 5.92 Å². The molecule has 0 bridgehead atoms. The van der Waals surface area contributed by atoms with Gasteiger partial charge in [-0.05, 0) is 18.4 Å². The van der Waals surface area contributed by atoms with Gasteiger partial charge in [-0.15, -0.1) is 0 Å². The van der Waals surface area contributed by atoms with Crippen LogP contribution in [0.1, 0.15) is 32.3 Å². The van der Waals surface area contributed by atoms with Crippen LogP contribution in [0.5, 0.6) is 0 Å². The van der Waals surface area contributed by atoms with Crippen LogP contribution in [0.4, 0.5) is 0 Å². The van der Waals surface area contributed by atoms with Crippen molar-refractivity contribution < 1.29 is 24.0 Å². The molecule has 0 aliphatic carbocycles. The molecule has 0 aliphatic rings. The van der Waals surface area contributed by atoms with E-state index in [9.17, 15) is 14.4 Å². The van der Waals surface area contributed by atoms with E-state index in [2.05, 4.69) is 4.84 Å². The maximum absolute atomic E-state index is 11.7. The first-order valence-corrected chi connectivity index (χ1v) is 7.46. The lowest BCUT2D eigenvalue weighted by atomic mass is 10.0. The third-order valence-corrected chi connectivity index (χ3v) is 3.34. The summed E-state index contributed by atoms with van der Waals surface area (Å²) in [5.41, 5.74) is 8.24. The number of hydrogen-bond acceptors (Lipinski definition) is 6. The van der Waals surface area contributed by atoms with Crippen molar-refractivity contribution in [1.29, 1.82) is 0 Å². The molecule has 7 heteroatoms. The van der Waals surface area contributed by atoms with E-state index in [4.69, 9.17) is 10.5 Å². The van der Waals surface area contributed by atoms with Gasteiger partial charge in [0.2, 0.25) is 6.04 Å². The molecular weight excluding hydrogens is 300 g/mol. The smallest absolute Gasteiger partial charge is 0.360 e. The van der Waals surface area contributed by atoms with Gasteiger partial charge >= 0.3 is 11.9 Å². The minimum atomic E-state index is -1.61. The summed E-state index contributed by atoms with van der Waals surface area (Å²) in [4.78, 5) is 39.6. The van der Waals surface area contributed by atoms with Crippen LogP contribution in [-0.2, 0) is 30.6 Å². The zero-order valence-electron chi connectivity index (χ0n) is 13.3. The molecule has 0 radical (unpaired) electrons. The van der Waals surface area contributed by atoms with E-state index in [1.807, 2.05) is 25.4 Å².